The topological polar surface area (TPSA) is 46.5 Å². The number of phenolic OH excluding ortho intramolecular Hbond substituents is 1. The van der Waals surface area contributed by atoms with Crippen molar-refractivity contribution in [1.29, 1.82) is 0 Å². The monoisotopic (exact) mass is 262 g/mol. The number of esters is 1. The van der Waals surface area contributed by atoms with Crippen LogP contribution in [-0.2, 0) is 10.2 Å². The van der Waals surface area contributed by atoms with Gasteiger partial charge < -0.3 is 9.84 Å². The first-order valence-electron chi connectivity index (χ1n) is 7.09. The number of ether oxygens (including phenoxy) is 1. The summed E-state index contributed by atoms with van der Waals surface area (Å²) in [6, 6.07) is 5.11. The highest BCUT2D eigenvalue weighted by atomic mass is 16.5. The van der Waals surface area contributed by atoms with Gasteiger partial charge in [0.1, 0.15) is 11.5 Å². The normalized spacial score (nSPS) is 18.0. The van der Waals surface area contributed by atoms with Gasteiger partial charge in [-0.25, -0.2) is 0 Å². The van der Waals surface area contributed by atoms with E-state index >= 15 is 0 Å². The van der Waals surface area contributed by atoms with Crippen LogP contribution in [0.15, 0.2) is 18.2 Å². The molecule has 1 N–H and O–H groups in total. The third kappa shape index (κ3) is 3.09. The minimum absolute atomic E-state index is 0.00301. The molecular formula is C16H22O3. The fraction of sp³-hybridized carbons (Fsp3) is 0.562. The number of aromatic hydroxyl groups is 1. The SMILES string of the molecule is CCC(=O)Oc1ccc(O)c(C2(C)CCCCC2)c1. The number of carbonyl (C=O) groups excluding carboxylic acids is 1. The maximum absolute atomic E-state index is 11.3. The molecule has 0 aromatic heterocycles. The summed E-state index contributed by atoms with van der Waals surface area (Å²) in [4.78, 5) is 11.3. The highest BCUT2D eigenvalue weighted by Gasteiger charge is 2.31. The Hall–Kier alpha value is -1.51. The van der Waals surface area contributed by atoms with Gasteiger partial charge in [0.25, 0.3) is 0 Å². The van der Waals surface area contributed by atoms with Crippen LogP contribution in [-0.4, -0.2) is 11.1 Å². The quantitative estimate of drug-likeness (QED) is 0.663. The summed E-state index contributed by atoms with van der Waals surface area (Å²) in [5, 5.41) is 10.1. The lowest BCUT2D eigenvalue weighted by molar-refractivity contribution is -0.134. The third-order valence-corrected chi connectivity index (χ3v) is 4.10. The second kappa shape index (κ2) is 5.64. The van der Waals surface area contributed by atoms with Crippen molar-refractivity contribution in [2.24, 2.45) is 0 Å². The van der Waals surface area contributed by atoms with E-state index in [1.807, 2.05) is 6.07 Å². The molecule has 1 saturated carbocycles. The van der Waals surface area contributed by atoms with Crippen molar-refractivity contribution in [2.75, 3.05) is 0 Å². The Morgan fingerprint density at radius 3 is 2.63 bits per heavy atom. The van der Waals surface area contributed by atoms with Crippen molar-refractivity contribution in [2.45, 2.75) is 57.8 Å². The number of rotatable bonds is 3. The lowest BCUT2D eigenvalue weighted by Gasteiger charge is -2.34. The van der Waals surface area contributed by atoms with E-state index < -0.39 is 0 Å². The number of carbonyl (C=O) groups is 1. The Morgan fingerprint density at radius 2 is 2.00 bits per heavy atom. The molecule has 0 amide bonds. The van der Waals surface area contributed by atoms with E-state index in [9.17, 15) is 9.90 Å². The smallest absolute Gasteiger partial charge is 0.310 e. The summed E-state index contributed by atoms with van der Waals surface area (Å²) in [6.45, 7) is 3.96. The average molecular weight is 262 g/mol. The Kier molecular flexibility index (Phi) is 4.13. The van der Waals surface area contributed by atoms with Crippen LogP contribution in [0.4, 0.5) is 0 Å². The van der Waals surface area contributed by atoms with E-state index in [0.717, 1.165) is 18.4 Å². The first-order valence-corrected chi connectivity index (χ1v) is 7.09. The highest BCUT2D eigenvalue weighted by molar-refractivity contribution is 5.72. The number of phenols is 1. The van der Waals surface area contributed by atoms with Crippen LogP contribution in [0.25, 0.3) is 0 Å². The zero-order valence-electron chi connectivity index (χ0n) is 11.7. The molecule has 1 aliphatic carbocycles. The van der Waals surface area contributed by atoms with Crippen LogP contribution in [0.2, 0.25) is 0 Å². The lowest BCUT2D eigenvalue weighted by Crippen LogP contribution is -2.25. The molecule has 1 fully saturated rings. The van der Waals surface area contributed by atoms with Gasteiger partial charge in [-0.2, -0.15) is 0 Å². The van der Waals surface area contributed by atoms with Crippen molar-refractivity contribution in [1.82, 2.24) is 0 Å². The average Bonchev–Trinajstić information content (AvgIpc) is 2.41. The molecule has 3 heteroatoms. The predicted octanol–water partition coefficient (Wildman–Crippen LogP) is 3.93. The largest absolute Gasteiger partial charge is 0.508 e. The molecule has 0 aliphatic heterocycles. The Labute approximate surface area is 114 Å². The van der Waals surface area contributed by atoms with Crippen LogP contribution in [0.5, 0.6) is 11.5 Å². The highest BCUT2D eigenvalue weighted by Crippen LogP contribution is 2.43. The van der Waals surface area contributed by atoms with Crippen molar-refractivity contribution in [3.63, 3.8) is 0 Å². The van der Waals surface area contributed by atoms with Gasteiger partial charge in [-0.05, 0) is 36.5 Å². The molecule has 104 valence electrons. The Bertz CT molecular complexity index is 459. The van der Waals surface area contributed by atoms with Crippen LogP contribution >= 0.6 is 0 Å². The molecule has 3 nitrogen and oxygen atoms in total. The van der Waals surface area contributed by atoms with Gasteiger partial charge in [0.05, 0.1) is 0 Å². The second-order valence-electron chi connectivity index (χ2n) is 5.63. The van der Waals surface area contributed by atoms with Crippen molar-refractivity contribution in [3.05, 3.63) is 23.8 Å². The molecule has 2 rings (SSSR count). The summed E-state index contributed by atoms with van der Waals surface area (Å²) in [5.74, 6) is 0.595. The predicted molar refractivity (Wildman–Crippen MR) is 74.5 cm³/mol. The van der Waals surface area contributed by atoms with Gasteiger partial charge >= 0.3 is 5.97 Å². The summed E-state index contributed by atoms with van der Waals surface area (Å²) in [5.41, 5.74) is 0.908. The molecule has 0 saturated heterocycles. The van der Waals surface area contributed by atoms with Crippen molar-refractivity contribution in [3.8, 4) is 11.5 Å². The van der Waals surface area contributed by atoms with Gasteiger partial charge in [0, 0.05) is 12.0 Å². The zero-order valence-corrected chi connectivity index (χ0v) is 11.7. The van der Waals surface area contributed by atoms with Crippen LogP contribution < -0.4 is 4.74 Å². The first-order chi connectivity index (χ1) is 9.05. The van der Waals surface area contributed by atoms with Gasteiger partial charge in [0.2, 0.25) is 0 Å². The summed E-state index contributed by atoms with van der Waals surface area (Å²) in [7, 11) is 0. The van der Waals surface area contributed by atoms with Crippen LogP contribution in [0.3, 0.4) is 0 Å². The molecule has 0 unspecified atom stereocenters. The van der Waals surface area contributed by atoms with Crippen molar-refractivity contribution < 1.29 is 14.6 Å². The van der Waals surface area contributed by atoms with E-state index in [1.165, 1.54) is 19.3 Å². The zero-order chi connectivity index (χ0) is 13.9. The standard InChI is InChI=1S/C16H22O3/c1-3-15(18)19-12-7-8-14(17)13(11-12)16(2)9-5-4-6-10-16/h7-8,11,17H,3-6,9-10H2,1-2H3. The molecule has 0 atom stereocenters. The summed E-state index contributed by atoms with van der Waals surface area (Å²) < 4.78 is 5.24. The van der Waals surface area contributed by atoms with Crippen LogP contribution in [0, 0.1) is 0 Å². The molecular weight excluding hydrogens is 240 g/mol. The van der Waals surface area contributed by atoms with E-state index in [2.05, 4.69) is 6.92 Å². The van der Waals surface area contributed by atoms with E-state index in [4.69, 9.17) is 4.74 Å². The van der Waals surface area contributed by atoms with E-state index in [-0.39, 0.29) is 11.4 Å². The van der Waals surface area contributed by atoms with Gasteiger partial charge in [-0.1, -0.05) is 33.1 Å². The van der Waals surface area contributed by atoms with Gasteiger partial charge in [-0.3, -0.25) is 4.79 Å². The maximum atomic E-state index is 11.3. The Morgan fingerprint density at radius 1 is 1.32 bits per heavy atom. The molecule has 1 aliphatic rings. The van der Waals surface area contributed by atoms with Crippen LogP contribution in [0.1, 0.15) is 57.9 Å². The molecule has 19 heavy (non-hydrogen) atoms. The lowest BCUT2D eigenvalue weighted by atomic mass is 9.70. The minimum Gasteiger partial charge on any atom is -0.508 e. The third-order valence-electron chi connectivity index (χ3n) is 4.10. The first kappa shape index (κ1) is 13.9. The summed E-state index contributed by atoms with van der Waals surface area (Å²) in [6.07, 6.45) is 6.15. The van der Waals surface area contributed by atoms with Crippen molar-refractivity contribution >= 4 is 5.97 Å². The van der Waals surface area contributed by atoms with E-state index in [1.54, 1.807) is 19.1 Å². The molecule has 0 heterocycles. The second-order valence-corrected chi connectivity index (χ2v) is 5.63. The maximum Gasteiger partial charge on any atom is 0.310 e. The molecule has 0 radical (unpaired) electrons. The summed E-state index contributed by atoms with van der Waals surface area (Å²) >= 11 is 0. The Balaban J connectivity index is 2.28. The number of hydrogen-bond acceptors (Lipinski definition) is 3. The molecule has 0 spiro atoms. The number of hydrogen-bond donors (Lipinski definition) is 1. The molecule has 1 aromatic rings. The van der Waals surface area contributed by atoms with Gasteiger partial charge in [0.15, 0.2) is 0 Å². The molecule has 1 aromatic carbocycles. The fourth-order valence-corrected chi connectivity index (χ4v) is 2.87. The molecule has 0 bridgehead atoms. The minimum atomic E-state index is -0.245. The number of benzene rings is 1. The fourth-order valence-electron chi connectivity index (χ4n) is 2.87. The van der Waals surface area contributed by atoms with Gasteiger partial charge in [-0.15, -0.1) is 0 Å². The van der Waals surface area contributed by atoms with E-state index in [0.29, 0.717) is 17.9 Å².